The molecule has 0 aromatic rings. The minimum atomic E-state index is -0.248. The van der Waals surface area contributed by atoms with Crippen LogP contribution in [0, 0.1) is 0 Å². The fourth-order valence-electron chi connectivity index (χ4n) is 1.70. The first kappa shape index (κ1) is 10.9. The quantitative estimate of drug-likeness (QED) is 0.670. The number of ether oxygens (including phenoxy) is 1. The van der Waals surface area contributed by atoms with Crippen molar-refractivity contribution in [3.63, 3.8) is 0 Å². The Morgan fingerprint density at radius 2 is 1.88 bits per heavy atom. The Labute approximate surface area is 95.3 Å². The highest BCUT2D eigenvalue weighted by molar-refractivity contribution is 5.29. The van der Waals surface area contributed by atoms with Crippen LogP contribution < -0.4 is 0 Å². The summed E-state index contributed by atoms with van der Waals surface area (Å²) >= 11 is 0. The van der Waals surface area contributed by atoms with E-state index in [0.717, 1.165) is 25.0 Å². The second kappa shape index (κ2) is 4.97. The van der Waals surface area contributed by atoms with Crippen molar-refractivity contribution in [2.45, 2.75) is 26.2 Å². The molecule has 0 amide bonds. The van der Waals surface area contributed by atoms with Crippen LogP contribution in [0.4, 0.5) is 4.39 Å². The predicted octanol–water partition coefficient (Wildman–Crippen LogP) is 4.32. The molecule has 0 saturated heterocycles. The lowest BCUT2D eigenvalue weighted by molar-refractivity contribution is 0.284. The first-order chi connectivity index (χ1) is 7.75. The molecule has 2 heteroatoms. The van der Waals surface area contributed by atoms with Crippen LogP contribution in [0.25, 0.3) is 0 Å². The molecule has 1 nitrogen and oxygen atoms in total. The van der Waals surface area contributed by atoms with E-state index in [-0.39, 0.29) is 5.83 Å². The molecule has 2 aliphatic carbocycles. The largest absolute Gasteiger partial charge is 0.459 e. The lowest BCUT2D eigenvalue weighted by Crippen LogP contribution is -1.98. The van der Waals surface area contributed by atoms with Crippen molar-refractivity contribution in [1.82, 2.24) is 0 Å². The van der Waals surface area contributed by atoms with Crippen molar-refractivity contribution in [1.29, 1.82) is 0 Å². The van der Waals surface area contributed by atoms with Gasteiger partial charge >= 0.3 is 0 Å². The van der Waals surface area contributed by atoms with E-state index >= 15 is 0 Å². The molecule has 0 aromatic carbocycles. The molecule has 16 heavy (non-hydrogen) atoms. The average molecular weight is 218 g/mol. The molecule has 84 valence electrons. The standard InChI is InChI=1S/C14H15FO/c1-11-6-2-3-7-12(10-11)16-14-9-5-4-8-13(14)15/h2-3,6-9H,4-5,10H2,1H3. The zero-order valence-corrected chi connectivity index (χ0v) is 9.37. The normalized spacial score (nSPS) is 20.4. The maximum absolute atomic E-state index is 13.4. The third-order valence-corrected chi connectivity index (χ3v) is 2.52. The van der Waals surface area contributed by atoms with Crippen molar-refractivity contribution < 1.29 is 9.13 Å². The summed E-state index contributed by atoms with van der Waals surface area (Å²) < 4.78 is 19.0. The van der Waals surface area contributed by atoms with Crippen LogP contribution >= 0.6 is 0 Å². The maximum atomic E-state index is 13.4. The molecule has 0 atom stereocenters. The Bertz CT molecular complexity index is 422. The van der Waals surface area contributed by atoms with Gasteiger partial charge in [0.05, 0.1) is 0 Å². The molecule has 0 aliphatic heterocycles. The van der Waals surface area contributed by atoms with Gasteiger partial charge in [-0.05, 0) is 38.0 Å². The summed E-state index contributed by atoms with van der Waals surface area (Å²) in [4.78, 5) is 0. The topological polar surface area (TPSA) is 9.23 Å². The van der Waals surface area contributed by atoms with Gasteiger partial charge < -0.3 is 4.74 Å². The molecular weight excluding hydrogens is 203 g/mol. The SMILES string of the molecule is CC1=CC=CC=C(OC2=CCCC=C2F)C1. The summed E-state index contributed by atoms with van der Waals surface area (Å²) in [5, 5.41) is 0. The minimum Gasteiger partial charge on any atom is -0.459 e. The predicted molar refractivity (Wildman–Crippen MR) is 63.2 cm³/mol. The van der Waals surface area contributed by atoms with E-state index in [2.05, 4.69) is 0 Å². The number of allylic oxidation sites excluding steroid dienone is 8. The van der Waals surface area contributed by atoms with Crippen molar-refractivity contribution in [2.24, 2.45) is 0 Å². The zero-order valence-electron chi connectivity index (χ0n) is 9.37. The van der Waals surface area contributed by atoms with E-state index in [4.69, 9.17) is 4.74 Å². The Morgan fingerprint density at radius 1 is 1.12 bits per heavy atom. The van der Waals surface area contributed by atoms with Gasteiger partial charge in [0, 0.05) is 6.42 Å². The van der Waals surface area contributed by atoms with Gasteiger partial charge in [0.2, 0.25) is 0 Å². The minimum absolute atomic E-state index is 0.248. The lowest BCUT2D eigenvalue weighted by Gasteiger charge is -2.14. The number of halogens is 1. The van der Waals surface area contributed by atoms with Gasteiger partial charge in [0.25, 0.3) is 0 Å². The molecule has 2 rings (SSSR count). The highest BCUT2D eigenvalue weighted by Crippen LogP contribution is 2.26. The zero-order chi connectivity index (χ0) is 11.4. The molecule has 0 N–H and O–H groups in total. The molecule has 0 saturated carbocycles. The van der Waals surface area contributed by atoms with Crippen LogP contribution in [0.1, 0.15) is 26.2 Å². The van der Waals surface area contributed by atoms with Crippen LogP contribution in [0.5, 0.6) is 0 Å². The van der Waals surface area contributed by atoms with E-state index in [0.29, 0.717) is 5.76 Å². The van der Waals surface area contributed by atoms with Gasteiger partial charge in [0.1, 0.15) is 5.76 Å². The Balaban J connectivity index is 2.08. The summed E-state index contributed by atoms with van der Waals surface area (Å²) in [5.74, 6) is 0.904. The van der Waals surface area contributed by atoms with Crippen molar-refractivity contribution in [2.75, 3.05) is 0 Å². The summed E-state index contributed by atoms with van der Waals surface area (Å²) in [6.45, 7) is 2.04. The number of hydrogen-bond acceptors (Lipinski definition) is 1. The summed E-state index contributed by atoms with van der Waals surface area (Å²) in [6, 6.07) is 0. The smallest absolute Gasteiger partial charge is 0.161 e. The van der Waals surface area contributed by atoms with Gasteiger partial charge in [-0.3, -0.25) is 0 Å². The Kier molecular flexibility index (Phi) is 3.40. The van der Waals surface area contributed by atoms with Crippen LogP contribution in [-0.4, -0.2) is 0 Å². The van der Waals surface area contributed by atoms with Gasteiger partial charge in [-0.25, -0.2) is 4.39 Å². The second-order valence-corrected chi connectivity index (χ2v) is 4.01. The van der Waals surface area contributed by atoms with E-state index in [1.165, 1.54) is 5.57 Å². The van der Waals surface area contributed by atoms with Gasteiger partial charge in [-0.15, -0.1) is 0 Å². The van der Waals surface area contributed by atoms with Gasteiger partial charge in [0.15, 0.2) is 11.6 Å². The monoisotopic (exact) mass is 218 g/mol. The molecular formula is C14H15FO. The average Bonchev–Trinajstić information content (AvgIpc) is 2.46. The Morgan fingerprint density at radius 3 is 2.69 bits per heavy atom. The molecule has 0 unspecified atom stereocenters. The van der Waals surface area contributed by atoms with Crippen LogP contribution in [-0.2, 0) is 4.74 Å². The number of rotatable bonds is 2. The number of hydrogen-bond donors (Lipinski definition) is 0. The summed E-state index contributed by atoms with van der Waals surface area (Å²) in [5.41, 5.74) is 1.21. The van der Waals surface area contributed by atoms with E-state index in [1.54, 1.807) is 6.08 Å². The Hall–Kier alpha value is -1.57. The highest BCUT2D eigenvalue weighted by Gasteiger charge is 2.12. The maximum Gasteiger partial charge on any atom is 0.161 e. The first-order valence-electron chi connectivity index (χ1n) is 5.53. The molecule has 0 radical (unpaired) electrons. The van der Waals surface area contributed by atoms with Crippen LogP contribution in [0.3, 0.4) is 0 Å². The summed E-state index contributed by atoms with van der Waals surface area (Å²) in [7, 11) is 0. The van der Waals surface area contributed by atoms with Crippen LogP contribution in [0.15, 0.2) is 59.4 Å². The summed E-state index contributed by atoms with van der Waals surface area (Å²) in [6.07, 6.45) is 13.5. The fourth-order valence-corrected chi connectivity index (χ4v) is 1.70. The van der Waals surface area contributed by atoms with Crippen molar-refractivity contribution in [3.05, 3.63) is 59.4 Å². The highest BCUT2D eigenvalue weighted by atomic mass is 19.1. The lowest BCUT2D eigenvalue weighted by atomic mass is 10.1. The molecule has 0 fully saturated rings. The van der Waals surface area contributed by atoms with E-state index < -0.39 is 0 Å². The fraction of sp³-hybridized carbons (Fsp3) is 0.286. The van der Waals surface area contributed by atoms with Gasteiger partial charge in [-0.1, -0.05) is 23.8 Å². The molecule has 0 bridgehead atoms. The van der Waals surface area contributed by atoms with Gasteiger partial charge in [-0.2, -0.15) is 0 Å². The third kappa shape index (κ3) is 2.72. The van der Waals surface area contributed by atoms with Crippen molar-refractivity contribution in [3.8, 4) is 0 Å². The third-order valence-electron chi connectivity index (χ3n) is 2.52. The molecule has 0 aromatic heterocycles. The molecule has 2 aliphatic rings. The van der Waals surface area contributed by atoms with E-state index in [1.807, 2.05) is 37.3 Å². The van der Waals surface area contributed by atoms with Crippen LogP contribution in [0.2, 0.25) is 0 Å². The first-order valence-corrected chi connectivity index (χ1v) is 5.53. The van der Waals surface area contributed by atoms with E-state index in [9.17, 15) is 4.39 Å². The molecule has 0 spiro atoms. The molecule has 0 heterocycles. The van der Waals surface area contributed by atoms with Crippen molar-refractivity contribution >= 4 is 0 Å². The second-order valence-electron chi connectivity index (χ2n) is 4.01.